The van der Waals surface area contributed by atoms with Gasteiger partial charge in [0.15, 0.2) is 0 Å². The van der Waals surface area contributed by atoms with Crippen LogP contribution in [0.4, 0.5) is 0 Å². The van der Waals surface area contributed by atoms with Gasteiger partial charge in [0.25, 0.3) is 0 Å². The maximum absolute atomic E-state index is 13.6. The Morgan fingerprint density at radius 3 is 1.09 bits per heavy atom. The van der Waals surface area contributed by atoms with Crippen molar-refractivity contribution in [2.75, 3.05) is 26.4 Å². The van der Waals surface area contributed by atoms with E-state index in [4.69, 9.17) is 37.9 Å². The molecule has 2 fully saturated rings. The topological polar surface area (TPSA) is 258 Å². The Bertz CT molecular complexity index is 2540. The molecule has 0 aromatic heterocycles. The maximum atomic E-state index is 13.6. The number of rotatable bonds is 22. The van der Waals surface area contributed by atoms with Crippen molar-refractivity contribution >= 4 is 71.3 Å². The third-order valence-electron chi connectivity index (χ3n) is 12.0. The van der Waals surface area contributed by atoms with E-state index in [9.17, 15) is 48.9 Å². The zero-order chi connectivity index (χ0) is 53.0. The standard InChI is InChI=1S/C54H52N2O16S2/c1-3-44(57)65-27-5-7-29-67-48(59)33-17-21-40(22-18-33)69-50(61)35-9-13-37(14-10-35)52(63)71-42-25-26-43(47-46(42)73-54(74-47)39(31-55)32-56)72-53(64)38-15-11-36(12-16-38)51(62)70-41-23-19-34(20-24-41)49(60)68-30-8-6-28-66-45(58)4-2/h3-4,17-26,35-38H,1-2,5-16,27-30H2. The average molecular weight is 1050 g/mol. The fraction of sp³-hybridized carbons (Fsp3) is 0.370. The molecule has 0 spiro atoms. The first-order chi connectivity index (χ1) is 35.8. The van der Waals surface area contributed by atoms with E-state index >= 15 is 0 Å². The molecule has 1 aliphatic heterocycles. The van der Waals surface area contributed by atoms with Gasteiger partial charge >= 0.3 is 47.8 Å². The lowest BCUT2D eigenvalue weighted by molar-refractivity contribution is -0.145. The fourth-order valence-corrected chi connectivity index (χ4v) is 10.4. The molecule has 3 aromatic carbocycles. The van der Waals surface area contributed by atoms with Crippen LogP contribution in [-0.2, 0) is 47.7 Å². The molecule has 3 aromatic rings. The van der Waals surface area contributed by atoms with E-state index in [0.717, 1.165) is 35.7 Å². The number of hydrogen-bond acceptors (Lipinski definition) is 20. The Kier molecular flexibility index (Phi) is 21.0. The molecular formula is C54H52N2O16S2. The van der Waals surface area contributed by atoms with E-state index in [2.05, 4.69) is 13.2 Å². The van der Waals surface area contributed by atoms with Crippen molar-refractivity contribution in [3.05, 3.63) is 107 Å². The zero-order valence-electron chi connectivity index (χ0n) is 40.2. The van der Waals surface area contributed by atoms with Gasteiger partial charge in [0.2, 0.25) is 0 Å². The van der Waals surface area contributed by atoms with Crippen molar-refractivity contribution in [1.29, 1.82) is 10.5 Å². The number of allylic oxidation sites excluding steroid dienone is 1. The quantitative estimate of drug-likeness (QED) is 0.0227. The second kappa shape index (κ2) is 28.0. The van der Waals surface area contributed by atoms with Crippen molar-refractivity contribution in [1.82, 2.24) is 0 Å². The molecule has 2 aliphatic carbocycles. The molecule has 6 rings (SSSR count). The summed E-state index contributed by atoms with van der Waals surface area (Å²) in [7, 11) is 0. The highest BCUT2D eigenvalue weighted by atomic mass is 32.2. The fourth-order valence-electron chi connectivity index (χ4n) is 7.90. The highest BCUT2D eigenvalue weighted by Gasteiger charge is 2.37. The monoisotopic (exact) mass is 1050 g/mol. The predicted molar refractivity (Wildman–Crippen MR) is 264 cm³/mol. The van der Waals surface area contributed by atoms with Crippen LogP contribution in [0, 0.1) is 46.3 Å². The minimum absolute atomic E-state index is 0.132. The largest absolute Gasteiger partial charge is 0.463 e. The molecule has 0 unspecified atom stereocenters. The zero-order valence-corrected chi connectivity index (χ0v) is 41.8. The molecule has 0 radical (unpaired) electrons. The summed E-state index contributed by atoms with van der Waals surface area (Å²) < 4.78 is 43.6. The third-order valence-corrected chi connectivity index (χ3v) is 14.7. The molecule has 0 amide bonds. The number of carbonyl (C=O) groups excluding carboxylic acids is 8. The first kappa shape index (κ1) is 55.6. The molecular weight excluding hydrogens is 997 g/mol. The molecule has 20 heteroatoms. The number of benzene rings is 3. The smallest absolute Gasteiger partial charge is 0.338 e. The molecule has 0 atom stereocenters. The Balaban J connectivity index is 0.953. The molecule has 18 nitrogen and oxygen atoms in total. The lowest BCUT2D eigenvalue weighted by atomic mass is 9.82. The van der Waals surface area contributed by atoms with E-state index in [0.29, 0.717) is 91.1 Å². The van der Waals surface area contributed by atoms with Crippen molar-refractivity contribution in [3.8, 4) is 35.1 Å². The van der Waals surface area contributed by atoms with Crippen LogP contribution in [0.3, 0.4) is 0 Å². The number of nitrogens with zero attached hydrogens (tertiary/aromatic N) is 2. The molecule has 2 saturated carbocycles. The van der Waals surface area contributed by atoms with Crippen LogP contribution in [0.5, 0.6) is 23.0 Å². The Morgan fingerprint density at radius 2 is 0.784 bits per heavy atom. The number of nitriles is 2. The van der Waals surface area contributed by atoms with Crippen LogP contribution in [0.1, 0.15) is 97.8 Å². The molecule has 0 N–H and O–H groups in total. The van der Waals surface area contributed by atoms with Gasteiger partial charge in [-0.3, -0.25) is 19.2 Å². The molecule has 74 heavy (non-hydrogen) atoms. The summed E-state index contributed by atoms with van der Waals surface area (Å²) >= 11 is 2.10. The second-order valence-electron chi connectivity index (χ2n) is 17.1. The van der Waals surface area contributed by atoms with Crippen LogP contribution in [-0.4, -0.2) is 74.2 Å². The number of esters is 8. The van der Waals surface area contributed by atoms with Crippen LogP contribution in [0.15, 0.2) is 106 Å². The van der Waals surface area contributed by atoms with Gasteiger partial charge in [-0.2, -0.15) is 10.5 Å². The van der Waals surface area contributed by atoms with Gasteiger partial charge in [0.1, 0.15) is 40.7 Å². The van der Waals surface area contributed by atoms with E-state index in [-0.39, 0.29) is 66.1 Å². The second-order valence-corrected chi connectivity index (χ2v) is 19.4. The first-order valence-electron chi connectivity index (χ1n) is 23.9. The maximum Gasteiger partial charge on any atom is 0.338 e. The van der Waals surface area contributed by atoms with Crippen molar-refractivity contribution in [2.24, 2.45) is 23.7 Å². The van der Waals surface area contributed by atoms with E-state index < -0.39 is 71.4 Å². The number of hydrogen-bond donors (Lipinski definition) is 0. The van der Waals surface area contributed by atoms with Gasteiger partial charge in [0.05, 0.1) is 75.3 Å². The highest BCUT2D eigenvalue weighted by Crippen LogP contribution is 2.59. The van der Waals surface area contributed by atoms with Crippen LogP contribution in [0.2, 0.25) is 0 Å². The van der Waals surface area contributed by atoms with Crippen molar-refractivity contribution < 1.29 is 76.3 Å². The Morgan fingerprint density at radius 1 is 0.473 bits per heavy atom. The highest BCUT2D eigenvalue weighted by molar-refractivity contribution is 8.24. The Labute approximate surface area is 435 Å². The van der Waals surface area contributed by atoms with Crippen molar-refractivity contribution in [2.45, 2.75) is 86.8 Å². The summed E-state index contributed by atoms with van der Waals surface area (Å²) in [6.07, 6.45) is 6.92. The normalized spacial score (nSPS) is 17.6. The number of carbonyl (C=O) groups is 8. The summed E-state index contributed by atoms with van der Waals surface area (Å²) in [6, 6.07) is 18.6. The summed E-state index contributed by atoms with van der Waals surface area (Å²) in [5.41, 5.74) is 0.366. The van der Waals surface area contributed by atoms with E-state index in [1.165, 1.54) is 60.7 Å². The van der Waals surface area contributed by atoms with Crippen LogP contribution in [0.25, 0.3) is 0 Å². The molecule has 0 bridgehead atoms. The summed E-state index contributed by atoms with van der Waals surface area (Å²) in [6.45, 7) is 7.28. The van der Waals surface area contributed by atoms with E-state index in [1.807, 2.05) is 12.1 Å². The lowest BCUT2D eigenvalue weighted by Gasteiger charge is -2.26. The minimum Gasteiger partial charge on any atom is -0.463 e. The SMILES string of the molecule is C=CC(=O)OCCCCOC(=O)c1ccc(OC(=O)C2CCC(C(=O)Oc3ccc(OC(=O)C4CCC(C(=O)Oc5ccc(C(=O)OCCCCOC(=O)C=C)cc5)CC4)c4c3SC(=C(C#N)C#N)S4)CC2)cc1. The molecule has 386 valence electrons. The molecule has 3 aliphatic rings. The lowest BCUT2D eigenvalue weighted by Crippen LogP contribution is -2.30. The van der Waals surface area contributed by atoms with Gasteiger partial charge in [-0.05, 0) is 138 Å². The number of fused-ring (bicyclic) bond motifs is 1. The summed E-state index contributed by atoms with van der Waals surface area (Å²) in [5.74, 6) is -5.43. The minimum atomic E-state index is -0.555. The van der Waals surface area contributed by atoms with E-state index in [1.54, 1.807) is 0 Å². The summed E-state index contributed by atoms with van der Waals surface area (Å²) in [4.78, 5) is 101. The van der Waals surface area contributed by atoms with Crippen LogP contribution >= 0.6 is 23.5 Å². The van der Waals surface area contributed by atoms with Gasteiger partial charge < -0.3 is 37.9 Å². The van der Waals surface area contributed by atoms with Gasteiger partial charge in [-0.25, -0.2) is 19.2 Å². The van der Waals surface area contributed by atoms with Gasteiger partial charge in [-0.1, -0.05) is 36.7 Å². The number of ether oxygens (including phenoxy) is 8. The van der Waals surface area contributed by atoms with Crippen molar-refractivity contribution in [3.63, 3.8) is 0 Å². The number of thioether (sulfide) groups is 2. The average Bonchev–Trinajstić information content (AvgIpc) is 3.87. The van der Waals surface area contributed by atoms with Gasteiger partial charge in [0, 0.05) is 12.2 Å². The third kappa shape index (κ3) is 15.9. The number of unbranched alkanes of at least 4 members (excludes halogenated alkanes) is 2. The first-order valence-corrected chi connectivity index (χ1v) is 25.5. The molecule has 0 saturated heterocycles. The Hall–Kier alpha value is -7.68. The predicted octanol–water partition coefficient (Wildman–Crippen LogP) is 9.11. The molecule has 1 heterocycles. The van der Waals surface area contributed by atoms with Gasteiger partial charge in [-0.15, -0.1) is 0 Å². The summed E-state index contributed by atoms with van der Waals surface area (Å²) in [5, 5.41) is 19.3. The van der Waals surface area contributed by atoms with Crippen LogP contribution < -0.4 is 18.9 Å².